The number of ether oxygens (including phenoxy) is 1. The Kier molecular flexibility index (Phi) is 8.94. The van der Waals surface area contributed by atoms with E-state index in [0.29, 0.717) is 22.7 Å². The molecule has 3 rings (SSSR count). The second-order valence-electron chi connectivity index (χ2n) is 9.47. The largest absolute Gasteiger partial charge is 0.444 e. The number of hydrogen-bond donors (Lipinski definition) is 2. The van der Waals surface area contributed by atoms with Crippen molar-refractivity contribution in [2.45, 2.75) is 63.6 Å². The topological polar surface area (TPSA) is 87.7 Å². The fourth-order valence-corrected chi connectivity index (χ4v) is 4.63. The Hall–Kier alpha value is -3.14. The molecule has 0 unspecified atom stereocenters. The summed E-state index contributed by atoms with van der Waals surface area (Å²) in [6, 6.07) is 7.26. The van der Waals surface area contributed by atoms with Crippen LogP contribution in [0.5, 0.6) is 0 Å². The van der Waals surface area contributed by atoms with Crippen LogP contribution in [0.25, 0.3) is 0 Å². The zero-order chi connectivity index (χ0) is 26.5. The first-order valence-electron chi connectivity index (χ1n) is 11.8. The normalized spacial score (nSPS) is 15.7. The summed E-state index contributed by atoms with van der Waals surface area (Å²) in [6.07, 6.45) is 0.869. The maximum atomic E-state index is 14.9. The minimum Gasteiger partial charge on any atom is -0.444 e. The number of rotatable bonds is 7. The Bertz CT molecular complexity index is 1120. The molecule has 2 N–H and O–H groups in total. The average Bonchev–Trinajstić information content (AvgIpc) is 2.91. The van der Waals surface area contributed by atoms with Crippen LogP contribution in [0, 0.1) is 11.6 Å². The van der Waals surface area contributed by atoms with Crippen LogP contribution in [0.1, 0.15) is 56.5 Å². The molecule has 1 aliphatic heterocycles. The minimum absolute atomic E-state index is 0.0295. The van der Waals surface area contributed by atoms with Gasteiger partial charge in [-0.15, -0.1) is 11.8 Å². The monoisotopic (exact) mass is 519 g/mol. The molecule has 0 aliphatic carbocycles. The molecule has 10 heteroatoms. The van der Waals surface area contributed by atoms with Crippen LogP contribution >= 0.6 is 11.8 Å². The summed E-state index contributed by atoms with van der Waals surface area (Å²) in [5.74, 6) is -2.03. The van der Waals surface area contributed by atoms with Gasteiger partial charge in [-0.1, -0.05) is 25.5 Å². The van der Waals surface area contributed by atoms with E-state index >= 15 is 0 Å². The van der Waals surface area contributed by atoms with Crippen molar-refractivity contribution < 1.29 is 27.9 Å². The highest BCUT2D eigenvalue weighted by Crippen LogP contribution is 2.37. The molecule has 1 heterocycles. The number of hydrogen-bond acceptors (Lipinski definition) is 5. The molecule has 1 aliphatic rings. The summed E-state index contributed by atoms with van der Waals surface area (Å²) in [4.78, 5) is 40.5. The zero-order valence-corrected chi connectivity index (χ0v) is 21.6. The number of nitrogens with zero attached hydrogens (tertiary/aromatic N) is 1. The van der Waals surface area contributed by atoms with E-state index in [2.05, 4.69) is 10.6 Å². The predicted molar refractivity (Wildman–Crippen MR) is 135 cm³/mol. The van der Waals surface area contributed by atoms with Gasteiger partial charge in [0.1, 0.15) is 23.3 Å². The van der Waals surface area contributed by atoms with Gasteiger partial charge in [-0.25, -0.2) is 13.6 Å². The van der Waals surface area contributed by atoms with Gasteiger partial charge in [0.2, 0.25) is 0 Å². The number of anilines is 1. The van der Waals surface area contributed by atoms with Crippen molar-refractivity contribution in [2.75, 3.05) is 17.2 Å². The van der Waals surface area contributed by atoms with E-state index in [1.54, 1.807) is 32.9 Å². The van der Waals surface area contributed by atoms with Crippen LogP contribution in [-0.4, -0.2) is 41.8 Å². The van der Waals surface area contributed by atoms with E-state index in [1.165, 1.54) is 40.9 Å². The van der Waals surface area contributed by atoms with Crippen molar-refractivity contribution in [3.05, 3.63) is 59.2 Å². The SMILES string of the molecule is CCCCNC(=O)c1cc2c(cc1F)SC[C@H](NC(=O)OC(C)(C)C)C(=O)N2Cc1ccc(F)cc1. The van der Waals surface area contributed by atoms with Crippen molar-refractivity contribution in [2.24, 2.45) is 0 Å². The minimum atomic E-state index is -0.970. The first-order valence-corrected chi connectivity index (χ1v) is 12.8. The second kappa shape index (κ2) is 11.7. The van der Waals surface area contributed by atoms with Crippen molar-refractivity contribution in [1.29, 1.82) is 0 Å². The summed E-state index contributed by atoms with van der Waals surface area (Å²) >= 11 is 1.19. The number of unbranched alkanes of at least 4 members (excludes halogenated alkanes) is 1. The molecular formula is C26H31F2N3O4S. The molecule has 1 atom stereocenters. The number of amides is 3. The fourth-order valence-electron chi connectivity index (χ4n) is 3.56. The molecule has 0 saturated carbocycles. The number of halogens is 2. The first-order chi connectivity index (χ1) is 17.0. The first kappa shape index (κ1) is 27.4. The van der Waals surface area contributed by atoms with Gasteiger partial charge in [0.05, 0.1) is 17.8 Å². The average molecular weight is 520 g/mol. The Labute approximate surface area is 214 Å². The smallest absolute Gasteiger partial charge is 0.408 e. The third kappa shape index (κ3) is 7.19. The lowest BCUT2D eigenvalue weighted by Crippen LogP contribution is -2.50. The summed E-state index contributed by atoms with van der Waals surface area (Å²) in [5, 5.41) is 5.30. The third-order valence-corrected chi connectivity index (χ3v) is 6.45. The highest BCUT2D eigenvalue weighted by molar-refractivity contribution is 7.99. The highest BCUT2D eigenvalue weighted by atomic mass is 32.2. The number of carbonyl (C=O) groups excluding carboxylic acids is 3. The van der Waals surface area contributed by atoms with E-state index in [1.807, 2.05) is 6.92 Å². The molecule has 194 valence electrons. The van der Waals surface area contributed by atoms with E-state index in [-0.39, 0.29) is 17.9 Å². The van der Waals surface area contributed by atoms with Crippen molar-refractivity contribution in [3.63, 3.8) is 0 Å². The standard InChI is InChI=1S/C26H31F2N3O4S/c1-5-6-11-29-23(32)18-12-21-22(13-19(18)28)36-15-20(30-25(34)35-26(2,3)4)24(33)31(21)14-16-7-9-17(27)10-8-16/h7-10,12-13,20H,5-6,11,14-15H2,1-4H3,(H,29,32)(H,30,34)/t20-/m0/s1. The molecule has 0 aromatic heterocycles. The van der Waals surface area contributed by atoms with E-state index in [0.717, 1.165) is 12.8 Å². The van der Waals surface area contributed by atoms with Gasteiger partial charge in [-0.3, -0.25) is 9.59 Å². The van der Waals surface area contributed by atoms with Gasteiger partial charge in [0.25, 0.3) is 11.8 Å². The summed E-state index contributed by atoms with van der Waals surface area (Å²) in [5.41, 5.74) is 0.0212. The Morgan fingerprint density at radius 1 is 1.17 bits per heavy atom. The van der Waals surface area contributed by atoms with Crippen molar-refractivity contribution >= 4 is 35.4 Å². The Morgan fingerprint density at radius 2 is 1.86 bits per heavy atom. The molecule has 0 saturated heterocycles. The Morgan fingerprint density at radius 3 is 2.50 bits per heavy atom. The lowest BCUT2D eigenvalue weighted by Gasteiger charge is -2.27. The molecule has 0 radical (unpaired) electrons. The van der Waals surface area contributed by atoms with Crippen LogP contribution < -0.4 is 15.5 Å². The molecule has 0 spiro atoms. The summed E-state index contributed by atoms with van der Waals surface area (Å²) in [7, 11) is 0. The predicted octanol–water partition coefficient (Wildman–Crippen LogP) is 5.03. The number of carbonyl (C=O) groups is 3. The van der Waals surface area contributed by atoms with Crippen LogP contribution in [0.3, 0.4) is 0 Å². The lowest BCUT2D eigenvalue weighted by atomic mass is 10.1. The molecule has 0 fully saturated rings. The van der Waals surface area contributed by atoms with E-state index < -0.39 is 41.2 Å². The van der Waals surface area contributed by atoms with Crippen LogP contribution in [0.2, 0.25) is 0 Å². The molecule has 36 heavy (non-hydrogen) atoms. The van der Waals surface area contributed by atoms with Gasteiger partial charge in [-0.2, -0.15) is 0 Å². The van der Waals surface area contributed by atoms with Crippen LogP contribution in [0.4, 0.5) is 19.3 Å². The zero-order valence-electron chi connectivity index (χ0n) is 20.8. The van der Waals surface area contributed by atoms with Crippen molar-refractivity contribution in [1.82, 2.24) is 10.6 Å². The van der Waals surface area contributed by atoms with Gasteiger partial charge in [-0.05, 0) is 57.0 Å². The molecule has 0 bridgehead atoms. The number of thioether (sulfide) groups is 1. The summed E-state index contributed by atoms with van der Waals surface area (Å²) in [6.45, 7) is 7.55. The number of alkyl carbamates (subject to hydrolysis) is 1. The van der Waals surface area contributed by atoms with E-state index in [9.17, 15) is 23.2 Å². The maximum Gasteiger partial charge on any atom is 0.408 e. The van der Waals surface area contributed by atoms with E-state index in [4.69, 9.17) is 4.74 Å². The lowest BCUT2D eigenvalue weighted by molar-refractivity contribution is -0.120. The Balaban J connectivity index is 1.97. The number of nitrogens with one attached hydrogen (secondary N) is 2. The van der Waals surface area contributed by atoms with Gasteiger partial charge in [0, 0.05) is 17.2 Å². The third-order valence-electron chi connectivity index (χ3n) is 5.31. The molecule has 2 aromatic carbocycles. The molecular weight excluding hydrogens is 488 g/mol. The van der Waals surface area contributed by atoms with Crippen molar-refractivity contribution in [3.8, 4) is 0 Å². The maximum absolute atomic E-state index is 14.9. The summed E-state index contributed by atoms with van der Waals surface area (Å²) < 4.78 is 33.7. The highest BCUT2D eigenvalue weighted by Gasteiger charge is 2.34. The molecule has 2 aromatic rings. The van der Waals surface area contributed by atoms with Gasteiger partial charge < -0.3 is 20.3 Å². The number of benzene rings is 2. The quantitative estimate of drug-likeness (QED) is 0.501. The molecule has 3 amide bonds. The van der Waals surface area contributed by atoms with Crippen LogP contribution in [-0.2, 0) is 16.1 Å². The van der Waals surface area contributed by atoms with Crippen LogP contribution in [0.15, 0.2) is 41.3 Å². The molecule has 7 nitrogen and oxygen atoms in total. The fraction of sp³-hybridized carbons (Fsp3) is 0.423. The second-order valence-corrected chi connectivity index (χ2v) is 10.5. The van der Waals surface area contributed by atoms with Gasteiger partial charge >= 0.3 is 6.09 Å². The number of fused-ring (bicyclic) bond motifs is 1. The van der Waals surface area contributed by atoms with Gasteiger partial charge in [0.15, 0.2) is 0 Å².